The van der Waals surface area contributed by atoms with E-state index in [4.69, 9.17) is 0 Å². The number of carbonyl (C=O) groups is 1. The van der Waals surface area contributed by atoms with Gasteiger partial charge in [0.2, 0.25) is 5.91 Å². The van der Waals surface area contributed by atoms with Crippen molar-refractivity contribution in [1.29, 1.82) is 0 Å². The monoisotopic (exact) mass is 279 g/mol. The lowest BCUT2D eigenvalue weighted by Gasteiger charge is -2.34. The number of fused-ring (bicyclic) bond motifs is 3. The van der Waals surface area contributed by atoms with Crippen LogP contribution in [0.3, 0.4) is 0 Å². The summed E-state index contributed by atoms with van der Waals surface area (Å²) < 4.78 is 0. The number of likely N-dealkylation sites (tertiary alicyclic amines) is 1. The van der Waals surface area contributed by atoms with Crippen LogP contribution in [0, 0.1) is 11.8 Å². The first-order chi connectivity index (χ1) is 9.70. The number of carbonyl (C=O) groups excluding carboxylic acids is 1. The maximum atomic E-state index is 12.1. The van der Waals surface area contributed by atoms with Gasteiger partial charge in [-0.25, -0.2) is 0 Å². The second-order valence-electron chi connectivity index (χ2n) is 6.90. The van der Waals surface area contributed by atoms with Crippen LogP contribution in [0.1, 0.15) is 39.5 Å². The van der Waals surface area contributed by atoms with Gasteiger partial charge in [-0.05, 0) is 44.6 Å². The van der Waals surface area contributed by atoms with Crippen LogP contribution in [0.25, 0.3) is 0 Å². The summed E-state index contributed by atoms with van der Waals surface area (Å²) in [5.41, 5.74) is 0. The predicted molar refractivity (Wildman–Crippen MR) is 80.5 cm³/mol. The Kier molecular flexibility index (Phi) is 4.32. The minimum absolute atomic E-state index is 0.0455. The van der Waals surface area contributed by atoms with E-state index in [1.165, 1.54) is 32.4 Å². The molecule has 4 heteroatoms. The predicted octanol–water partition coefficient (Wildman–Crippen LogP) is 1.32. The van der Waals surface area contributed by atoms with Crippen LogP contribution in [0.2, 0.25) is 0 Å². The highest BCUT2D eigenvalue weighted by Crippen LogP contribution is 2.40. The number of nitrogens with one attached hydrogen (secondary N) is 1. The van der Waals surface area contributed by atoms with Crippen LogP contribution >= 0.6 is 0 Å². The summed E-state index contributed by atoms with van der Waals surface area (Å²) in [6, 6.07) is 0.855. The standard InChI is InChI=1S/C16H29N3O/c1-3-7-17-16(20)12(2)19-10-13-9-18-8-5-4-6-15(18)14(13)11-19/h12-15H,3-11H2,1-2H3,(H,17,20). The summed E-state index contributed by atoms with van der Waals surface area (Å²) in [5, 5.41) is 3.04. The average molecular weight is 279 g/mol. The Hall–Kier alpha value is -0.610. The highest BCUT2D eigenvalue weighted by molar-refractivity contribution is 5.81. The molecule has 1 amide bonds. The molecule has 3 aliphatic heterocycles. The lowest BCUT2D eigenvalue weighted by Crippen LogP contribution is -2.46. The molecule has 3 aliphatic rings. The third-order valence-electron chi connectivity index (χ3n) is 5.62. The van der Waals surface area contributed by atoms with Gasteiger partial charge in [0.25, 0.3) is 0 Å². The highest BCUT2D eigenvalue weighted by Gasteiger charge is 2.48. The molecule has 0 bridgehead atoms. The van der Waals surface area contributed by atoms with Gasteiger partial charge in [-0.3, -0.25) is 14.6 Å². The highest BCUT2D eigenvalue weighted by atomic mass is 16.2. The summed E-state index contributed by atoms with van der Waals surface area (Å²) >= 11 is 0. The van der Waals surface area contributed by atoms with E-state index in [-0.39, 0.29) is 11.9 Å². The third kappa shape index (κ3) is 2.60. The van der Waals surface area contributed by atoms with Gasteiger partial charge in [0.1, 0.15) is 0 Å². The molecule has 0 aromatic heterocycles. The van der Waals surface area contributed by atoms with E-state index in [1.807, 2.05) is 0 Å². The summed E-state index contributed by atoms with van der Waals surface area (Å²) in [5.74, 6) is 1.84. The molecular weight excluding hydrogens is 250 g/mol. The number of rotatable bonds is 4. The zero-order valence-corrected chi connectivity index (χ0v) is 13.0. The summed E-state index contributed by atoms with van der Waals surface area (Å²) in [4.78, 5) is 17.3. The van der Waals surface area contributed by atoms with Gasteiger partial charge in [0.15, 0.2) is 0 Å². The normalized spacial score (nSPS) is 35.6. The van der Waals surface area contributed by atoms with Crippen molar-refractivity contribution >= 4 is 5.91 Å². The second kappa shape index (κ2) is 6.02. The molecule has 0 aromatic carbocycles. The Balaban J connectivity index is 1.56. The van der Waals surface area contributed by atoms with Gasteiger partial charge in [0, 0.05) is 32.2 Å². The number of amides is 1. The molecule has 0 radical (unpaired) electrons. The topological polar surface area (TPSA) is 35.6 Å². The first-order valence-corrected chi connectivity index (χ1v) is 8.46. The number of hydrogen-bond acceptors (Lipinski definition) is 3. The minimum Gasteiger partial charge on any atom is -0.355 e. The van der Waals surface area contributed by atoms with E-state index < -0.39 is 0 Å². The van der Waals surface area contributed by atoms with Gasteiger partial charge in [0.05, 0.1) is 6.04 Å². The Bertz CT molecular complexity index is 360. The molecule has 0 spiro atoms. The SMILES string of the molecule is CCCNC(=O)C(C)N1CC2CN3CCCCC3C2C1. The fraction of sp³-hybridized carbons (Fsp3) is 0.938. The van der Waals surface area contributed by atoms with Crippen molar-refractivity contribution in [1.82, 2.24) is 15.1 Å². The summed E-state index contributed by atoms with van der Waals surface area (Å²) in [6.07, 6.45) is 5.18. The Morgan fingerprint density at radius 2 is 2.15 bits per heavy atom. The van der Waals surface area contributed by atoms with Crippen molar-refractivity contribution in [2.75, 3.05) is 32.7 Å². The molecule has 3 fully saturated rings. The van der Waals surface area contributed by atoms with Crippen molar-refractivity contribution in [3.8, 4) is 0 Å². The Labute approximate surface area is 122 Å². The van der Waals surface area contributed by atoms with Gasteiger partial charge >= 0.3 is 0 Å². The molecule has 20 heavy (non-hydrogen) atoms. The molecule has 1 N–H and O–H groups in total. The quantitative estimate of drug-likeness (QED) is 0.843. The van der Waals surface area contributed by atoms with Crippen LogP contribution in [0.15, 0.2) is 0 Å². The van der Waals surface area contributed by atoms with E-state index in [2.05, 4.69) is 29.0 Å². The van der Waals surface area contributed by atoms with E-state index in [0.29, 0.717) is 0 Å². The summed E-state index contributed by atoms with van der Waals surface area (Å²) in [6.45, 7) is 9.82. The molecule has 3 saturated heterocycles. The fourth-order valence-corrected chi connectivity index (χ4v) is 4.47. The zero-order chi connectivity index (χ0) is 14.1. The Morgan fingerprint density at radius 1 is 1.30 bits per heavy atom. The molecule has 0 saturated carbocycles. The fourth-order valence-electron chi connectivity index (χ4n) is 4.47. The average Bonchev–Trinajstić information content (AvgIpc) is 3.01. The third-order valence-corrected chi connectivity index (χ3v) is 5.62. The van der Waals surface area contributed by atoms with Crippen molar-refractivity contribution < 1.29 is 4.79 Å². The molecule has 4 nitrogen and oxygen atoms in total. The molecule has 114 valence electrons. The van der Waals surface area contributed by atoms with Crippen LogP contribution in [0.4, 0.5) is 0 Å². The van der Waals surface area contributed by atoms with E-state index in [1.54, 1.807) is 0 Å². The number of piperidine rings is 1. The number of nitrogens with zero attached hydrogens (tertiary/aromatic N) is 2. The van der Waals surface area contributed by atoms with Crippen LogP contribution in [-0.2, 0) is 4.79 Å². The molecule has 4 atom stereocenters. The van der Waals surface area contributed by atoms with Crippen LogP contribution in [0.5, 0.6) is 0 Å². The zero-order valence-electron chi connectivity index (χ0n) is 13.0. The second-order valence-corrected chi connectivity index (χ2v) is 6.90. The molecule has 0 aliphatic carbocycles. The number of hydrogen-bond donors (Lipinski definition) is 1. The first kappa shape index (κ1) is 14.3. The molecule has 3 heterocycles. The smallest absolute Gasteiger partial charge is 0.237 e. The van der Waals surface area contributed by atoms with Gasteiger partial charge in [-0.2, -0.15) is 0 Å². The molecule has 4 unspecified atom stereocenters. The van der Waals surface area contributed by atoms with E-state index in [0.717, 1.165) is 43.9 Å². The maximum absolute atomic E-state index is 12.1. The van der Waals surface area contributed by atoms with Crippen LogP contribution in [-0.4, -0.2) is 60.5 Å². The van der Waals surface area contributed by atoms with Crippen molar-refractivity contribution in [2.24, 2.45) is 11.8 Å². The lowest BCUT2D eigenvalue weighted by atomic mass is 9.90. The van der Waals surface area contributed by atoms with Crippen molar-refractivity contribution in [3.05, 3.63) is 0 Å². The minimum atomic E-state index is 0.0455. The molecule has 3 rings (SSSR count). The van der Waals surface area contributed by atoms with Crippen molar-refractivity contribution in [3.63, 3.8) is 0 Å². The largest absolute Gasteiger partial charge is 0.355 e. The maximum Gasteiger partial charge on any atom is 0.237 e. The lowest BCUT2D eigenvalue weighted by molar-refractivity contribution is -0.125. The summed E-state index contributed by atoms with van der Waals surface area (Å²) in [7, 11) is 0. The first-order valence-electron chi connectivity index (χ1n) is 8.46. The van der Waals surface area contributed by atoms with Gasteiger partial charge < -0.3 is 5.32 Å². The van der Waals surface area contributed by atoms with Gasteiger partial charge in [-0.15, -0.1) is 0 Å². The van der Waals surface area contributed by atoms with Crippen molar-refractivity contribution in [2.45, 2.75) is 51.6 Å². The molecule has 0 aromatic rings. The molecular formula is C16H29N3O. The van der Waals surface area contributed by atoms with Crippen LogP contribution < -0.4 is 5.32 Å². The van der Waals surface area contributed by atoms with E-state index in [9.17, 15) is 4.79 Å². The van der Waals surface area contributed by atoms with Gasteiger partial charge in [-0.1, -0.05) is 13.3 Å². The van der Waals surface area contributed by atoms with E-state index >= 15 is 0 Å². The Morgan fingerprint density at radius 3 is 2.95 bits per heavy atom.